The maximum atomic E-state index is 13.1. The lowest BCUT2D eigenvalue weighted by molar-refractivity contribution is -0.118. The Kier molecular flexibility index (Phi) is 7.15. The molecule has 2 N–H and O–H groups in total. The quantitative estimate of drug-likeness (QED) is 0.531. The van der Waals surface area contributed by atoms with Crippen LogP contribution in [0.4, 0.5) is 0 Å². The number of carbonyl (C=O) groups is 2. The molecule has 0 spiro atoms. The van der Waals surface area contributed by atoms with Gasteiger partial charge in [-0.2, -0.15) is 0 Å². The van der Waals surface area contributed by atoms with Crippen LogP contribution in [0.25, 0.3) is 6.08 Å². The molecule has 1 aliphatic rings. The summed E-state index contributed by atoms with van der Waals surface area (Å²) < 4.78 is 5.36. The molecule has 0 bridgehead atoms. The Hall–Kier alpha value is -3.64. The van der Waals surface area contributed by atoms with Crippen LogP contribution in [0, 0.1) is 0 Å². The van der Waals surface area contributed by atoms with Crippen LogP contribution in [-0.4, -0.2) is 36.3 Å². The topological polar surface area (TPSA) is 74.6 Å². The normalized spacial score (nSPS) is 15.3. The minimum atomic E-state index is -0.356. The molecule has 4 rings (SSSR count). The van der Waals surface area contributed by atoms with Gasteiger partial charge in [0.2, 0.25) is 0 Å². The molecular formula is C26H27N3O3. The van der Waals surface area contributed by atoms with Gasteiger partial charge in [0.05, 0.1) is 12.3 Å². The van der Waals surface area contributed by atoms with Gasteiger partial charge in [0, 0.05) is 18.2 Å². The fraction of sp³-hybridized carbons (Fsp3) is 0.231. The van der Waals surface area contributed by atoms with Crippen molar-refractivity contribution in [2.75, 3.05) is 19.6 Å². The van der Waals surface area contributed by atoms with Crippen LogP contribution < -0.4 is 10.6 Å². The summed E-state index contributed by atoms with van der Waals surface area (Å²) in [5, 5.41) is 5.76. The highest BCUT2D eigenvalue weighted by molar-refractivity contribution is 6.05. The molecule has 2 aromatic carbocycles. The summed E-state index contributed by atoms with van der Waals surface area (Å²) in [7, 11) is 0. The molecule has 2 amide bonds. The van der Waals surface area contributed by atoms with Gasteiger partial charge in [-0.15, -0.1) is 0 Å². The van der Waals surface area contributed by atoms with Crippen LogP contribution in [-0.2, 0) is 4.79 Å². The first-order valence-corrected chi connectivity index (χ1v) is 10.9. The highest BCUT2D eigenvalue weighted by Gasteiger charge is 2.24. The van der Waals surface area contributed by atoms with Crippen LogP contribution in [0.15, 0.2) is 89.2 Å². The van der Waals surface area contributed by atoms with Crippen molar-refractivity contribution in [1.29, 1.82) is 0 Å². The number of nitrogens with one attached hydrogen (secondary N) is 2. The molecule has 1 atom stereocenters. The van der Waals surface area contributed by atoms with Crippen molar-refractivity contribution in [2.24, 2.45) is 0 Å². The van der Waals surface area contributed by atoms with Gasteiger partial charge in [-0.25, -0.2) is 0 Å². The number of hydrogen-bond acceptors (Lipinski definition) is 4. The molecular weight excluding hydrogens is 402 g/mol. The molecule has 0 saturated carbocycles. The Morgan fingerprint density at radius 3 is 2.28 bits per heavy atom. The van der Waals surface area contributed by atoms with Crippen molar-refractivity contribution in [1.82, 2.24) is 15.5 Å². The van der Waals surface area contributed by atoms with E-state index in [0.717, 1.165) is 25.9 Å². The minimum Gasteiger partial charge on any atom is -0.465 e. The minimum absolute atomic E-state index is 0.0809. The second kappa shape index (κ2) is 10.6. The predicted octanol–water partition coefficient (Wildman–Crippen LogP) is 4.00. The summed E-state index contributed by atoms with van der Waals surface area (Å²) in [6.07, 6.45) is 5.39. The lowest BCUT2D eigenvalue weighted by Gasteiger charge is -2.28. The zero-order valence-electron chi connectivity index (χ0n) is 17.9. The summed E-state index contributed by atoms with van der Waals surface area (Å²) in [5.41, 5.74) is 1.78. The van der Waals surface area contributed by atoms with Gasteiger partial charge >= 0.3 is 0 Å². The Balaban J connectivity index is 1.50. The van der Waals surface area contributed by atoms with Crippen LogP contribution in [0.2, 0.25) is 0 Å². The smallest absolute Gasteiger partial charge is 0.268 e. The number of furan rings is 1. The third-order valence-corrected chi connectivity index (χ3v) is 5.58. The maximum absolute atomic E-state index is 13.1. The summed E-state index contributed by atoms with van der Waals surface area (Å²) in [4.78, 5) is 28.2. The summed E-state index contributed by atoms with van der Waals surface area (Å²) in [6, 6.07) is 22.6. The average Bonchev–Trinajstić information content (AvgIpc) is 3.55. The van der Waals surface area contributed by atoms with Crippen LogP contribution in [0.5, 0.6) is 0 Å². The molecule has 0 radical (unpaired) electrons. The largest absolute Gasteiger partial charge is 0.465 e. The third kappa shape index (κ3) is 5.53. The van der Waals surface area contributed by atoms with E-state index in [4.69, 9.17) is 4.42 Å². The summed E-state index contributed by atoms with van der Waals surface area (Å²) in [5.74, 6) is -0.216. The van der Waals surface area contributed by atoms with Gasteiger partial charge in [-0.1, -0.05) is 48.5 Å². The number of hydrogen-bond donors (Lipinski definition) is 2. The SMILES string of the molecule is O=C(NCC(c1ccccc1)N1CCCC1)/C(=C/c1ccco1)NC(=O)c1ccccc1. The van der Waals surface area contributed by atoms with Crippen molar-refractivity contribution in [3.63, 3.8) is 0 Å². The Morgan fingerprint density at radius 2 is 1.62 bits per heavy atom. The number of likely N-dealkylation sites (tertiary alicyclic amines) is 1. The van der Waals surface area contributed by atoms with E-state index < -0.39 is 0 Å². The monoisotopic (exact) mass is 429 g/mol. The maximum Gasteiger partial charge on any atom is 0.268 e. The van der Waals surface area contributed by atoms with E-state index in [1.54, 1.807) is 42.5 Å². The molecule has 1 aliphatic heterocycles. The molecule has 6 nitrogen and oxygen atoms in total. The molecule has 6 heteroatoms. The molecule has 164 valence electrons. The summed E-state index contributed by atoms with van der Waals surface area (Å²) >= 11 is 0. The van der Waals surface area contributed by atoms with Gasteiger partial charge in [-0.3, -0.25) is 14.5 Å². The van der Waals surface area contributed by atoms with Crippen molar-refractivity contribution >= 4 is 17.9 Å². The van der Waals surface area contributed by atoms with Gasteiger partial charge in [0.1, 0.15) is 11.5 Å². The molecule has 2 heterocycles. The van der Waals surface area contributed by atoms with Gasteiger partial charge in [-0.05, 0) is 55.8 Å². The molecule has 1 unspecified atom stereocenters. The number of benzene rings is 2. The zero-order valence-corrected chi connectivity index (χ0v) is 17.9. The molecule has 1 fully saturated rings. The Morgan fingerprint density at radius 1 is 0.938 bits per heavy atom. The molecule has 1 aromatic heterocycles. The van der Waals surface area contributed by atoms with Gasteiger partial charge in [0.25, 0.3) is 11.8 Å². The number of nitrogens with zero attached hydrogens (tertiary/aromatic N) is 1. The highest BCUT2D eigenvalue weighted by atomic mass is 16.3. The number of carbonyl (C=O) groups excluding carboxylic acids is 2. The van der Waals surface area contributed by atoms with Crippen molar-refractivity contribution in [2.45, 2.75) is 18.9 Å². The van der Waals surface area contributed by atoms with Gasteiger partial charge < -0.3 is 15.1 Å². The van der Waals surface area contributed by atoms with E-state index in [1.165, 1.54) is 11.8 Å². The first kappa shape index (κ1) is 21.6. The number of amides is 2. The fourth-order valence-corrected chi connectivity index (χ4v) is 3.93. The van der Waals surface area contributed by atoms with E-state index >= 15 is 0 Å². The Bertz CT molecular complexity index is 1040. The second-order valence-electron chi connectivity index (χ2n) is 7.77. The van der Waals surface area contributed by atoms with Crippen LogP contribution in [0.3, 0.4) is 0 Å². The molecule has 32 heavy (non-hydrogen) atoms. The molecule has 1 saturated heterocycles. The van der Waals surface area contributed by atoms with Crippen molar-refractivity contribution in [3.05, 3.63) is 102 Å². The van der Waals surface area contributed by atoms with E-state index in [1.807, 2.05) is 24.3 Å². The Labute approximate surface area is 187 Å². The summed E-state index contributed by atoms with van der Waals surface area (Å²) in [6.45, 7) is 2.46. The standard InChI is InChI=1S/C26H27N3O3/c30-25(21-12-5-2-6-13-21)28-23(18-22-14-9-17-32-22)26(31)27-19-24(29-15-7-8-16-29)20-10-3-1-4-11-20/h1-6,9-14,17-18,24H,7-8,15-16,19H2,(H,27,31)(H,28,30)/b23-18-. The first-order valence-electron chi connectivity index (χ1n) is 10.9. The van der Waals surface area contributed by atoms with Crippen molar-refractivity contribution < 1.29 is 14.0 Å². The lowest BCUT2D eigenvalue weighted by atomic mass is 10.1. The lowest BCUT2D eigenvalue weighted by Crippen LogP contribution is -2.40. The van der Waals surface area contributed by atoms with E-state index in [-0.39, 0.29) is 23.6 Å². The zero-order chi connectivity index (χ0) is 22.2. The molecule has 0 aliphatic carbocycles. The fourth-order valence-electron chi connectivity index (χ4n) is 3.93. The highest BCUT2D eigenvalue weighted by Crippen LogP contribution is 2.24. The van der Waals surface area contributed by atoms with E-state index in [2.05, 4.69) is 27.7 Å². The predicted molar refractivity (Wildman–Crippen MR) is 124 cm³/mol. The van der Waals surface area contributed by atoms with Crippen LogP contribution in [0.1, 0.15) is 40.6 Å². The molecule has 3 aromatic rings. The van der Waals surface area contributed by atoms with Crippen LogP contribution >= 0.6 is 0 Å². The third-order valence-electron chi connectivity index (χ3n) is 5.58. The van der Waals surface area contributed by atoms with Crippen molar-refractivity contribution in [3.8, 4) is 0 Å². The first-order chi connectivity index (χ1) is 15.7. The van der Waals surface area contributed by atoms with Gasteiger partial charge in [0.15, 0.2) is 0 Å². The van der Waals surface area contributed by atoms with E-state index in [9.17, 15) is 9.59 Å². The van der Waals surface area contributed by atoms with E-state index in [0.29, 0.717) is 17.9 Å². The average molecular weight is 430 g/mol. The number of rotatable bonds is 8. The second-order valence-corrected chi connectivity index (χ2v) is 7.77.